The normalized spacial score (nSPS) is 11.9. The first-order valence-corrected chi connectivity index (χ1v) is 13.1. The Hall–Kier alpha value is -3.85. The van der Waals surface area contributed by atoms with Crippen LogP contribution in [-0.4, -0.2) is 51.4 Å². The molecular formula is C27H31N3O5S. The van der Waals surface area contributed by atoms with E-state index >= 15 is 0 Å². The van der Waals surface area contributed by atoms with Crippen LogP contribution in [0.2, 0.25) is 0 Å². The summed E-state index contributed by atoms with van der Waals surface area (Å²) < 4.78 is 33.9. The van der Waals surface area contributed by atoms with Crippen LogP contribution in [0.25, 0.3) is 0 Å². The zero-order valence-corrected chi connectivity index (χ0v) is 21.4. The number of nitrogens with one attached hydrogen (secondary N) is 1. The molecule has 0 heterocycles. The van der Waals surface area contributed by atoms with Gasteiger partial charge in [-0.15, -0.1) is 0 Å². The van der Waals surface area contributed by atoms with Crippen LogP contribution < -0.4 is 14.4 Å². The highest BCUT2D eigenvalue weighted by atomic mass is 32.2. The maximum Gasteiger partial charge on any atom is 0.264 e. The molecule has 1 N–H and O–H groups in total. The number of sulfonamides is 1. The van der Waals surface area contributed by atoms with Crippen molar-refractivity contribution in [2.45, 2.75) is 31.3 Å². The minimum atomic E-state index is -4.14. The van der Waals surface area contributed by atoms with Crippen LogP contribution in [0.4, 0.5) is 5.69 Å². The smallest absolute Gasteiger partial charge is 0.264 e. The number of anilines is 1. The number of carbonyl (C=O) groups excluding carboxylic acids is 2. The first kappa shape index (κ1) is 26.7. The van der Waals surface area contributed by atoms with E-state index in [0.717, 1.165) is 9.87 Å². The fourth-order valence-corrected chi connectivity index (χ4v) is 5.20. The van der Waals surface area contributed by atoms with E-state index in [0.29, 0.717) is 12.3 Å². The molecule has 3 aromatic carbocycles. The highest BCUT2D eigenvalue weighted by molar-refractivity contribution is 7.92. The fourth-order valence-electron chi connectivity index (χ4n) is 3.75. The van der Waals surface area contributed by atoms with Crippen molar-refractivity contribution in [3.63, 3.8) is 0 Å². The Balaban J connectivity index is 2.05. The van der Waals surface area contributed by atoms with Crippen molar-refractivity contribution in [1.82, 2.24) is 10.2 Å². The Bertz CT molecular complexity index is 1270. The van der Waals surface area contributed by atoms with Gasteiger partial charge in [0.1, 0.15) is 18.3 Å². The first-order valence-electron chi connectivity index (χ1n) is 11.6. The summed E-state index contributed by atoms with van der Waals surface area (Å²) in [6.07, 6.45) is 0. The standard InChI is InChI=1S/C27H31N3O5S/c1-4-28-27(32)21(2)29(19-22-13-7-5-8-14-22)26(31)20-30(24-17-11-12-18-25(24)35-3)36(33,34)23-15-9-6-10-16-23/h5-18,21H,4,19-20H2,1-3H3,(H,28,32). The van der Waals surface area contributed by atoms with E-state index < -0.39 is 28.5 Å². The summed E-state index contributed by atoms with van der Waals surface area (Å²) in [5, 5.41) is 2.74. The third-order valence-electron chi connectivity index (χ3n) is 5.68. The van der Waals surface area contributed by atoms with Gasteiger partial charge >= 0.3 is 0 Å². The summed E-state index contributed by atoms with van der Waals surface area (Å²) >= 11 is 0. The molecule has 0 saturated carbocycles. The molecule has 2 amide bonds. The lowest BCUT2D eigenvalue weighted by molar-refractivity contribution is -0.139. The van der Waals surface area contributed by atoms with E-state index in [1.54, 1.807) is 56.3 Å². The topological polar surface area (TPSA) is 96.0 Å². The van der Waals surface area contributed by atoms with Crippen LogP contribution >= 0.6 is 0 Å². The number of hydrogen-bond acceptors (Lipinski definition) is 5. The van der Waals surface area contributed by atoms with Gasteiger partial charge in [-0.2, -0.15) is 0 Å². The lowest BCUT2D eigenvalue weighted by atomic mass is 10.1. The summed E-state index contributed by atoms with van der Waals surface area (Å²) in [6, 6.07) is 22.9. The van der Waals surface area contributed by atoms with E-state index in [1.165, 1.54) is 24.1 Å². The number of carbonyl (C=O) groups is 2. The summed E-state index contributed by atoms with van der Waals surface area (Å²) in [4.78, 5) is 27.9. The molecule has 36 heavy (non-hydrogen) atoms. The minimum absolute atomic E-state index is 0.0371. The molecule has 190 valence electrons. The van der Waals surface area contributed by atoms with Gasteiger partial charge in [-0.05, 0) is 43.7 Å². The van der Waals surface area contributed by atoms with E-state index in [-0.39, 0.29) is 23.0 Å². The molecular weight excluding hydrogens is 478 g/mol. The quantitative estimate of drug-likeness (QED) is 0.427. The number of rotatable bonds is 11. The Morgan fingerprint density at radius 2 is 1.50 bits per heavy atom. The number of para-hydroxylation sites is 2. The Morgan fingerprint density at radius 3 is 2.11 bits per heavy atom. The number of hydrogen-bond donors (Lipinski definition) is 1. The Morgan fingerprint density at radius 1 is 0.917 bits per heavy atom. The van der Waals surface area contributed by atoms with Crippen LogP contribution in [-0.2, 0) is 26.2 Å². The van der Waals surface area contributed by atoms with Gasteiger partial charge in [0.25, 0.3) is 10.0 Å². The van der Waals surface area contributed by atoms with Crippen molar-refractivity contribution in [2.24, 2.45) is 0 Å². The van der Waals surface area contributed by atoms with Gasteiger partial charge in [-0.3, -0.25) is 13.9 Å². The molecule has 1 atom stereocenters. The fraction of sp³-hybridized carbons (Fsp3) is 0.259. The van der Waals surface area contributed by atoms with Gasteiger partial charge in [-0.1, -0.05) is 60.7 Å². The average Bonchev–Trinajstić information content (AvgIpc) is 2.91. The number of benzene rings is 3. The molecule has 0 fully saturated rings. The molecule has 0 aromatic heterocycles. The van der Waals surface area contributed by atoms with Crippen LogP contribution in [0.15, 0.2) is 89.8 Å². The van der Waals surface area contributed by atoms with Gasteiger partial charge in [-0.25, -0.2) is 8.42 Å². The number of methoxy groups -OCH3 is 1. The highest BCUT2D eigenvalue weighted by Crippen LogP contribution is 2.32. The summed E-state index contributed by atoms with van der Waals surface area (Å²) in [6.45, 7) is 3.46. The zero-order valence-electron chi connectivity index (χ0n) is 20.6. The average molecular weight is 510 g/mol. The number of ether oxygens (including phenoxy) is 1. The van der Waals surface area contributed by atoms with Crippen molar-refractivity contribution in [3.8, 4) is 5.75 Å². The van der Waals surface area contributed by atoms with Crippen LogP contribution in [0, 0.1) is 0 Å². The second kappa shape index (κ2) is 12.2. The molecule has 8 nitrogen and oxygen atoms in total. The largest absolute Gasteiger partial charge is 0.495 e. The summed E-state index contributed by atoms with van der Waals surface area (Å²) in [7, 11) is -2.70. The van der Waals surface area contributed by atoms with Gasteiger partial charge in [0.2, 0.25) is 11.8 Å². The van der Waals surface area contributed by atoms with E-state index in [2.05, 4.69) is 5.32 Å². The molecule has 0 bridgehead atoms. The van der Waals surface area contributed by atoms with Crippen molar-refractivity contribution in [3.05, 3.63) is 90.5 Å². The number of likely N-dealkylation sites (N-methyl/N-ethyl adjacent to an activating group) is 1. The van der Waals surface area contributed by atoms with E-state index in [4.69, 9.17) is 4.74 Å². The lowest BCUT2D eigenvalue weighted by Crippen LogP contribution is -2.51. The second-order valence-corrected chi connectivity index (χ2v) is 9.94. The lowest BCUT2D eigenvalue weighted by Gasteiger charge is -2.32. The molecule has 0 spiro atoms. The second-order valence-electron chi connectivity index (χ2n) is 8.07. The predicted molar refractivity (Wildman–Crippen MR) is 139 cm³/mol. The summed E-state index contributed by atoms with van der Waals surface area (Å²) in [5.74, 6) is -0.546. The van der Waals surface area contributed by atoms with Crippen LogP contribution in [0.5, 0.6) is 5.75 Å². The molecule has 0 aliphatic rings. The number of nitrogens with zero attached hydrogens (tertiary/aromatic N) is 2. The maximum atomic E-state index is 13.8. The number of amides is 2. The highest BCUT2D eigenvalue weighted by Gasteiger charge is 2.33. The monoisotopic (exact) mass is 509 g/mol. The van der Waals surface area contributed by atoms with E-state index in [1.807, 2.05) is 30.3 Å². The molecule has 9 heteroatoms. The predicted octanol–water partition coefficient (Wildman–Crippen LogP) is 3.44. The molecule has 0 saturated heterocycles. The third kappa shape index (κ3) is 6.23. The van der Waals surface area contributed by atoms with Crippen LogP contribution in [0.3, 0.4) is 0 Å². The maximum absolute atomic E-state index is 13.8. The first-order chi connectivity index (χ1) is 17.3. The SMILES string of the molecule is CCNC(=O)C(C)N(Cc1ccccc1)C(=O)CN(c1ccccc1OC)S(=O)(=O)c1ccccc1. The molecule has 3 rings (SSSR count). The van der Waals surface area contributed by atoms with Gasteiger partial charge in [0.15, 0.2) is 0 Å². The Labute approximate surface area is 212 Å². The molecule has 3 aromatic rings. The minimum Gasteiger partial charge on any atom is -0.495 e. The zero-order chi connectivity index (χ0) is 26.1. The molecule has 0 aliphatic heterocycles. The van der Waals surface area contributed by atoms with Crippen LogP contribution in [0.1, 0.15) is 19.4 Å². The van der Waals surface area contributed by atoms with Crippen molar-refractivity contribution in [2.75, 3.05) is 24.5 Å². The Kier molecular flexibility index (Phi) is 9.08. The van der Waals surface area contributed by atoms with Gasteiger partial charge in [0.05, 0.1) is 17.7 Å². The van der Waals surface area contributed by atoms with Gasteiger partial charge in [0, 0.05) is 13.1 Å². The van der Waals surface area contributed by atoms with Crippen molar-refractivity contribution < 1.29 is 22.7 Å². The van der Waals surface area contributed by atoms with Gasteiger partial charge < -0.3 is 15.0 Å². The van der Waals surface area contributed by atoms with E-state index in [9.17, 15) is 18.0 Å². The molecule has 0 aliphatic carbocycles. The summed E-state index contributed by atoms with van der Waals surface area (Å²) in [5.41, 5.74) is 1.04. The van der Waals surface area contributed by atoms with Crippen molar-refractivity contribution >= 4 is 27.5 Å². The molecule has 1 unspecified atom stereocenters. The molecule has 0 radical (unpaired) electrons. The third-order valence-corrected chi connectivity index (χ3v) is 7.45. The van der Waals surface area contributed by atoms with Crippen molar-refractivity contribution in [1.29, 1.82) is 0 Å².